The molecule has 0 aliphatic heterocycles. The van der Waals surface area contributed by atoms with Crippen molar-refractivity contribution < 1.29 is 4.79 Å². The van der Waals surface area contributed by atoms with Crippen molar-refractivity contribution >= 4 is 6.03 Å². The molecule has 0 heterocycles. The van der Waals surface area contributed by atoms with Gasteiger partial charge in [-0.1, -0.05) is 27.7 Å². The highest BCUT2D eigenvalue weighted by atomic mass is 16.2. The Kier molecular flexibility index (Phi) is 5.10. The highest BCUT2D eigenvalue weighted by molar-refractivity contribution is 5.74. The molecule has 1 aliphatic rings. The van der Waals surface area contributed by atoms with Crippen LogP contribution in [0.5, 0.6) is 0 Å². The van der Waals surface area contributed by atoms with Crippen molar-refractivity contribution in [2.45, 2.75) is 53.0 Å². The molecule has 0 bridgehead atoms. The van der Waals surface area contributed by atoms with Crippen LogP contribution in [-0.4, -0.2) is 18.6 Å². The van der Waals surface area contributed by atoms with Gasteiger partial charge in [0.2, 0.25) is 0 Å². The van der Waals surface area contributed by atoms with Crippen LogP contribution in [0.25, 0.3) is 0 Å². The van der Waals surface area contributed by atoms with Gasteiger partial charge in [0.15, 0.2) is 0 Å². The maximum Gasteiger partial charge on any atom is 0.315 e. The van der Waals surface area contributed by atoms with E-state index in [1.54, 1.807) is 0 Å². The molecule has 0 aromatic heterocycles. The Morgan fingerprint density at radius 1 is 1.19 bits per heavy atom. The van der Waals surface area contributed by atoms with Gasteiger partial charge in [-0.25, -0.2) is 4.79 Å². The van der Waals surface area contributed by atoms with E-state index in [1.807, 2.05) is 0 Å². The van der Waals surface area contributed by atoms with Crippen LogP contribution in [0.3, 0.4) is 0 Å². The Labute approximate surface area is 99.4 Å². The van der Waals surface area contributed by atoms with Crippen LogP contribution >= 0.6 is 0 Å². The topological polar surface area (TPSA) is 41.1 Å². The van der Waals surface area contributed by atoms with Gasteiger partial charge in [0.05, 0.1) is 0 Å². The predicted molar refractivity (Wildman–Crippen MR) is 67.3 cm³/mol. The average Bonchev–Trinajstić information content (AvgIpc) is 2.10. The summed E-state index contributed by atoms with van der Waals surface area (Å²) in [6.45, 7) is 9.66. The van der Waals surface area contributed by atoms with Gasteiger partial charge in [0, 0.05) is 12.6 Å². The van der Waals surface area contributed by atoms with Crippen LogP contribution in [0.1, 0.15) is 47.0 Å². The number of carbonyl (C=O) groups is 1. The van der Waals surface area contributed by atoms with Crippen molar-refractivity contribution in [3.63, 3.8) is 0 Å². The minimum Gasteiger partial charge on any atom is -0.338 e. The summed E-state index contributed by atoms with van der Waals surface area (Å²) >= 11 is 0. The normalized spacial score (nSPS) is 16.7. The van der Waals surface area contributed by atoms with Crippen LogP contribution in [0.15, 0.2) is 0 Å². The lowest BCUT2D eigenvalue weighted by Gasteiger charge is -2.28. The molecule has 16 heavy (non-hydrogen) atoms. The summed E-state index contributed by atoms with van der Waals surface area (Å²) in [5.74, 6) is 1.79. The molecule has 0 saturated heterocycles. The van der Waals surface area contributed by atoms with Crippen molar-refractivity contribution in [3.8, 4) is 0 Å². The second kappa shape index (κ2) is 6.12. The first-order valence-corrected chi connectivity index (χ1v) is 6.55. The van der Waals surface area contributed by atoms with E-state index in [2.05, 4.69) is 38.3 Å². The second-order valence-electron chi connectivity index (χ2n) is 5.63. The molecule has 3 heteroatoms. The van der Waals surface area contributed by atoms with Gasteiger partial charge in [0.1, 0.15) is 0 Å². The molecule has 0 radical (unpaired) electrons. The van der Waals surface area contributed by atoms with E-state index in [0.29, 0.717) is 23.8 Å². The van der Waals surface area contributed by atoms with Gasteiger partial charge in [-0.2, -0.15) is 0 Å². The van der Waals surface area contributed by atoms with E-state index in [1.165, 1.54) is 6.42 Å². The van der Waals surface area contributed by atoms with Gasteiger partial charge in [-0.15, -0.1) is 0 Å². The molecule has 3 nitrogen and oxygen atoms in total. The van der Waals surface area contributed by atoms with Crippen LogP contribution in [0.4, 0.5) is 4.79 Å². The zero-order chi connectivity index (χ0) is 12.1. The molecule has 0 unspecified atom stereocenters. The lowest BCUT2D eigenvalue weighted by Crippen LogP contribution is -2.47. The zero-order valence-electron chi connectivity index (χ0n) is 11.0. The number of hydrogen-bond acceptors (Lipinski definition) is 1. The molecule has 0 spiro atoms. The lowest BCUT2D eigenvalue weighted by molar-refractivity contribution is 0.218. The molecule has 0 aromatic carbocycles. The van der Waals surface area contributed by atoms with Gasteiger partial charge in [-0.3, -0.25) is 0 Å². The molecule has 2 N–H and O–H groups in total. The molecule has 0 aromatic rings. The third-order valence-corrected chi connectivity index (χ3v) is 3.65. The Bertz CT molecular complexity index is 214. The monoisotopic (exact) mass is 226 g/mol. The third kappa shape index (κ3) is 4.03. The lowest BCUT2D eigenvalue weighted by atomic mass is 9.85. The summed E-state index contributed by atoms with van der Waals surface area (Å²) in [6.07, 6.45) is 3.54. The summed E-state index contributed by atoms with van der Waals surface area (Å²) < 4.78 is 0. The van der Waals surface area contributed by atoms with Gasteiger partial charge < -0.3 is 10.6 Å². The molecule has 1 rings (SSSR count). The van der Waals surface area contributed by atoms with Crippen molar-refractivity contribution in [2.75, 3.05) is 6.54 Å². The van der Waals surface area contributed by atoms with Gasteiger partial charge in [-0.05, 0) is 37.0 Å². The largest absolute Gasteiger partial charge is 0.338 e. The van der Waals surface area contributed by atoms with E-state index >= 15 is 0 Å². The molecule has 1 fully saturated rings. The van der Waals surface area contributed by atoms with E-state index in [9.17, 15) is 4.79 Å². The van der Waals surface area contributed by atoms with Crippen LogP contribution in [-0.2, 0) is 0 Å². The second-order valence-corrected chi connectivity index (χ2v) is 5.63. The van der Waals surface area contributed by atoms with E-state index < -0.39 is 0 Å². The zero-order valence-corrected chi connectivity index (χ0v) is 11.0. The minimum absolute atomic E-state index is 0.0102. The number of carbonyl (C=O) groups excluding carboxylic acids is 1. The molecule has 1 saturated carbocycles. The SMILES string of the molecule is CC(C)C(CNC(=O)NC1CCC1)C(C)C. The van der Waals surface area contributed by atoms with Crippen LogP contribution in [0, 0.1) is 17.8 Å². The summed E-state index contributed by atoms with van der Waals surface area (Å²) in [4.78, 5) is 11.6. The Morgan fingerprint density at radius 2 is 1.75 bits per heavy atom. The molecule has 1 aliphatic carbocycles. The standard InChI is InChI=1S/C13H26N2O/c1-9(2)12(10(3)4)8-14-13(16)15-11-6-5-7-11/h9-12H,5-8H2,1-4H3,(H2,14,15,16). The molecular formula is C13H26N2O. The maximum absolute atomic E-state index is 11.6. The van der Waals surface area contributed by atoms with Crippen LogP contribution in [0.2, 0.25) is 0 Å². The van der Waals surface area contributed by atoms with E-state index in [0.717, 1.165) is 19.4 Å². The number of hydrogen-bond donors (Lipinski definition) is 2. The number of rotatable bonds is 5. The molecule has 2 amide bonds. The van der Waals surface area contributed by atoms with E-state index in [4.69, 9.17) is 0 Å². The van der Waals surface area contributed by atoms with Crippen molar-refractivity contribution in [1.29, 1.82) is 0 Å². The summed E-state index contributed by atoms with van der Waals surface area (Å²) in [5.41, 5.74) is 0. The third-order valence-electron chi connectivity index (χ3n) is 3.65. The fourth-order valence-electron chi connectivity index (χ4n) is 2.24. The number of nitrogens with one attached hydrogen (secondary N) is 2. The first kappa shape index (κ1) is 13.3. The highest BCUT2D eigenvalue weighted by Gasteiger charge is 2.21. The predicted octanol–water partition coefficient (Wildman–Crippen LogP) is 2.77. The highest BCUT2D eigenvalue weighted by Crippen LogP contribution is 2.20. The Morgan fingerprint density at radius 3 is 2.12 bits per heavy atom. The van der Waals surface area contributed by atoms with Gasteiger partial charge in [0.25, 0.3) is 0 Å². The van der Waals surface area contributed by atoms with E-state index in [-0.39, 0.29) is 6.03 Å². The van der Waals surface area contributed by atoms with Gasteiger partial charge >= 0.3 is 6.03 Å². The summed E-state index contributed by atoms with van der Waals surface area (Å²) in [7, 11) is 0. The summed E-state index contributed by atoms with van der Waals surface area (Å²) in [5, 5.41) is 5.99. The van der Waals surface area contributed by atoms with Crippen LogP contribution < -0.4 is 10.6 Å². The Hall–Kier alpha value is -0.730. The molecule has 94 valence electrons. The van der Waals surface area contributed by atoms with Crippen molar-refractivity contribution in [3.05, 3.63) is 0 Å². The summed E-state index contributed by atoms with van der Waals surface area (Å²) in [6, 6.07) is 0.438. The number of urea groups is 1. The smallest absolute Gasteiger partial charge is 0.315 e. The molecular weight excluding hydrogens is 200 g/mol. The van der Waals surface area contributed by atoms with Crippen molar-refractivity contribution in [2.24, 2.45) is 17.8 Å². The molecule has 0 atom stereocenters. The fraction of sp³-hybridized carbons (Fsp3) is 0.923. The maximum atomic E-state index is 11.6. The number of amides is 2. The first-order valence-electron chi connectivity index (χ1n) is 6.55. The first-order chi connectivity index (χ1) is 7.50. The van der Waals surface area contributed by atoms with Crippen molar-refractivity contribution in [1.82, 2.24) is 10.6 Å². The minimum atomic E-state index is 0.0102. The Balaban J connectivity index is 2.22. The average molecular weight is 226 g/mol. The fourth-order valence-corrected chi connectivity index (χ4v) is 2.24. The quantitative estimate of drug-likeness (QED) is 0.743.